The summed E-state index contributed by atoms with van der Waals surface area (Å²) in [6.45, 7) is 2.43. The first kappa shape index (κ1) is 21.8. The minimum absolute atomic E-state index is 0. The van der Waals surface area contributed by atoms with Crippen LogP contribution in [0.15, 0.2) is 58.4 Å². The normalized spacial score (nSPS) is 16.9. The number of nitrogens with zero attached hydrogens (tertiary/aromatic N) is 2. The molecule has 0 aromatic heterocycles. The van der Waals surface area contributed by atoms with Gasteiger partial charge in [0.05, 0.1) is 0 Å². The van der Waals surface area contributed by atoms with Gasteiger partial charge in [0.2, 0.25) is 0 Å². The summed E-state index contributed by atoms with van der Waals surface area (Å²) in [5.41, 5.74) is 0.775. The third-order valence-corrected chi connectivity index (χ3v) is 5.73. The summed E-state index contributed by atoms with van der Waals surface area (Å²) in [6.07, 6.45) is 1.15. The molecule has 1 aliphatic rings. The topological polar surface area (TPSA) is 47.9 Å². The van der Waals surface area contributed by atoms with E-state index in [-0.39, 0.29) is 29.7 Å². The summed E-state index contributed by atoms with van der Waals surface area (Å²) in [6, 6.07) is 14.9. The maximum atomic E-state index is 13.4. The lowest BCUT2D eigenvalue weighted by Crippen LogP contribution is -2.39. The van der Waals surface area contributed by atoms with Gasteiger partial charge in [-0.1, -0.05) is 24.3 Å². The zero-order valence-corrected chi connectivity index (χ0v) is 18.4. The highest BCUT2D eigenvalue weighted by molar-refractivity contribution is 14.0. The Morgan fingerprint density at radius 3 is 2.78 bits per heavy atom. The quantitative estimate of drug-likeness (QED) is 0.277. The Labute approximate surface area is 181 Å². The molecule has 1 heterocycles. The predicted molar refractivity (Wildman–Crippen MR) is 121 cm³/mol. The van der Waals surface area contributed by atoms with Crippen LogP contribution in [0.25, 0.3) is 0 Å². The first-order valence-corrected chi connectivity index (χ1v) is 9.75. The molecule has 0 radical (unpaired) electrons. The van der Waals surface area contributed by atoms with Crippen LogP contribution >= 0.6 is 35.7 Å². The Balaban J connectivity index is 0.00000261. The first-order chi connectivity index (χ1) is 12.7. The number of phenols is 1. The zero-order chi connectivity index (χ0) is 18.4. The van der Waals surface area contributed by atoms with Gasteiger partial charge in [-0.2, -0.15) is 0 Å². The second-order valence-electron chi connectivity index (χ2n) is 6.41. The smallest absolute Gasteiger partial charge is 0.193 e. The molecule has 2 aromatic rings. The number of rotatable bonds is 5. The first-order valence-electron chi connectivity index (χ1n) is 8.76. The summed E-state index contributed by atoms with van der Waals surface area (Å²) in [4.78, 5) is 7.92. The van der Waals surface area contributed by atoms with Crippen LogP contribution in [0.5, 0.6) is 5.75 Å². The average Bonchev–Trinajstić information content (AvgIpc) is 3.13. The summed E-state index contributed by atoms with van der Waals surface area (Å²) < 4.78 is 13.4. The fourth-order valence-corrected chi connectivity index (χ4v) is 4.12. The van der Waals surface area contributed by atoms with Crippen molar-refractivity contribution >= 4 is 41.7 Å². The molecule has 1 atom stereocenters. The fraction of sp³-hybridized carbons (Fsp3) is 0.350. The van der Waals surface area contributed by atoms with Crippen molar-refractivity contribution in [1.82, 2.24) is 10.2 Å². The number of likely N-dealkylation sites (tertiary alicyclic amines) is 1. The third kappa shape index (κ3) is 6.27. The van der Waals surface area contributed by atoms with Crippen LogP contribution in [0, 0.1) is 11.7 Å². The van der Waals surface area contributed by atoms with E-state index < -0.39 is 5.82 Å². The van der Waals surface area contributed by atoms with E-state index in [9.17, 15) is 9.50 Å². The molecule has 3 rings (SSSR count). The second kappa shape index (κ2) is 10.8. The maximum Gasteiger partial charge on any atom is 0.193 e. The van der Waals surface area contributed by atoms with Crippen LogP contribution in [0.1, 0.15) is 12.0 Å². The van der Waals surface area contributed by atoms with E-state index in [2.05, 4.69) is 39.5 Å². The van der Waals surface area contributed by atoms with Crippen molar-refractivity contribution < 1.29 is 9.50 Å². The molecule has 146 valence electrons. The molecule has 0 amide bonds. The van der Waals surface area contributed by atoms with Gasteiger partial charge < -0.3 is 15.3 Å². The summed E-state index contributed by atoms with van der Waals surface area (Å²) in [5.74, 6) is 1.64. The van der Waals surface area contributed by atoms with Crippen molar-refractivity contribution in [1.29, 1.82) is 0 Å². The van der Waals surface area contributed by atoms with Gasteiger partial charge in [0.25, 0.3) is 0 Å². The highest BCUT2D eigenvalue weighted by Crippen LogP contribution is 2.26. The lowest BCUT2D eigenvalue weighted by atomic mass is 10.2. The van der Waals surface area contributed by atoms with Crippen molar-refractivity contribution in [2.45, 2.75) is 17.9 Å². The van der Waals surface area contributed by atoms with Gasteiger partial charge in [-0.15, -0.1) is 35.7 Å². The van der Waals surface area contributed by atoms with Crippen molar-refractivity contribution in [2.75, 3.05) is 25.9 Å². The minimum atomic E-state index is -0.599. The SMILES string of the molecule is CN=C(NCc1ccc(O)c(F)c1)N1CCC(CSc2ccccc2)C1.I. The number of aliphatic imine (C=N–C) groups is 1. The number of hydrogen-bond acceptors (Lipinski definition) is 3. The summed E-state index contributed by atoms with van der Waals surface area (Å²) in [5, 5.41) is 12.6. The predicted octanol–water partition coefficient (Wildman–Crippen LogP) is 4.34. The lowest BCUT2D eigenvalue weighted by molar-refractivity contribution is 0.431. The lowest BCUT2D eigenvalue weighted by Gasteiger charge is -2.22. The number of halogens is 2. The van der Waals surface area contributed by atoms with E-state index in [4.69, 9.17) is 0 Å². The molecule has 1 fully saturated rings. The Morgan fingerprint density at radius 1 is 1.30 bits per heavy atom. The molecule has 1 saturated heterocycles. The number of thioether (sulfide) groups is 1. The van der Waals surface area contributed by atoms with Gasteiger partial charge in [-0.05, 0) is 42.2 Å². The molecule has 0 aliphatic carbocycles. The van der Waals surface area contributed by atoms with Crippen LogP contribution in [0.3, 0.4) is 0 Å². The standard InChI is InChI=1S/C20H24FN3OS.HI/c1-22-20(23-12-15-7-8-19(25)18(21)11-15)24-10-9-16(13-24)14-26-17-5-3-2-4-6-17;/h2-8,11,16,25H,9-10,12-14H2,1H3,(H,22,23);1H. The summed E-state index contributed by atoms with van der Waals surface area (Å²) >= 11 is 1.90. The molecular formula is C20H25FIN3OS. The van der Waals surface area contributed by atoms with Crippen LogP contribution < -0.4 is 5.32 Å². The van der Waals surface area contributed by atoms with E-state index in [1.807, 2.05) is 17.8 Å². The molecule has 2 N–H and O–H groups in total. The average molecular weight is 501 g/mol. The van der Waals surface area contributed by atoms with E-state index in [0.717, 1.165) is 36.8 Å². The number of nitrogens with one attached hydrogen (secondary N) is 1. The number of aromatic hydroxyl groups is 1. The van der Waals surface area contributed by atoms with Gasteiger partial charge in [-0.25, -0.2) is 4.39 Å². The molecule has 0 saturated carbocycles. The van der Waals surface area contributed by atoms with Crippen molar-refractivity contribution in [3.05, 3.63) is 59.9 Å². The fourth-order valence-electron chi connectivity index (χ4n) is 3.07. The molecular weight excluding hydrogens is 476 g/mol. The Hall–Kier alpha value is -1.48. The van der Waals surface area contributed by atoms with E-state index in [1.54, 1.807) is 13.1 Å². The van der Waals surface area contributed by atoms with Gasteiger partial charge in [-0.3, -0.25) is 4.99 Å². The highest BCUT2D eigenvalue weighted by Gasteiger charge is 2.24. The molecule has 0 spiro atoms. The van der Waals surface area contributed by atoms with Gasteiger partial charge >= 0.3 is 0 Å². The Bertz CT molecular complexity index is 760. The molecule has 2 aromatic carbocycles. The van der Waals surface area contributed by atoms with Crippen LogP contribution in [0.4, 0.5) is 4.39 Å². The van der Waals surface area contributed by atoms with Crippen LogP contribution in [-0.4, -0.2) is 41.9 Å². The molecule has 7 heteroatoms. The number of guanidine groups is 1. The summed E-state index contributed by atoms with van der Waals surface area (Å²) in [7, 11) is 1.77. The van der Waals surface area contributed by atoms with Crippen LogP contribution in [0.2, 0.25) is 0 Å². The molecule has 1 unspecified atom stereocenters. The largest absolute Gasteiger partial charge is 0.505 e. The maximum absolute atomic E-state index is 13.4. The molecule has 27 heavy (non-hydrogen) atoms. The van der Waals surface area contributed by atoms with Gasteiger partial charge in [0, 0.05) is 37.3 Å². The highest BCUT2D eigenvalue weighted by atomic mass is 127. The van der Waals surface area contributed by atoms with E-state index in [0.29, 0.717) is 12.5 Å². The minimum Gasteiger partial charge on any atom is -0.505 e. The third-order valence-electron chi connectivity index (χ3n) is 4.49. The zero-order valence-electron chi connectivity index (χ0n) is 15.3. The Morgan fingerprint density at radius 2 is 2.07 bits per heavy atom. The van der Waals surface area contributed by atoms with E-state index in [1.165, 1.54) is 17.0 Å². The number of benzene rings is 2. The number of hydrogen-bond donors (Lipinski definition) is 2. The molecule has 1 aliphatic heterocycles. The Kier molecular flexibility index (Phi) is 8.69. The van der Waals surface area contributed by atoms with Gasteiger partial charge in [0.15, 0.2) is 17.5 Å². The van der Waals surface area contributed by atoms with Crippen molar-refractivity contribution in [3.8, 4) is 5.75 Å². The molecule has 0 bridgehead atoms. The molecule has 4 nitrogen and oxygen atoms in total. The van der Waals surface area contributed by atoms with Gasteiger partial charge in [0.1, 0.15) is 0 Å². The van der Waals surface area contributed by atoms with Crippen molar-refractivity contribution in [2.24, 2.45) is 10.9 Å². The second-order valence-corrected chi connectivity index (χ2v) is 7.50. The van der Waals surface area contributed by atoms with E-state index >= 15 is 0 Å². The van der Waals surface area contributed by atoms with Crippen LogP contribution in [-0.2, 0) is 6.54 Å². The van der Waals surface area contributed by atoms with Crippen molar-refractivity contribution in [3.63, 3.8) is 0 Å². The number of phenolic OH excluding ortho intramolecular Hbond substituents is 1. The monoisotopic (exact) mass is 501 g/mol.